The molecule has 0 saturated carbocycles. The molecule has 2 atom stereocenters. The minimum absolute atomic E-state index is 0.287. The first kappa shape index (κ1) is 11.5. The Bertz CT molecular complexity index is 387. The van der Waals surface area contributed by atoms with E-state index in [1.54, 1.807) is 0 Å². The topological polar surface area (TPSA) is 21.3 Å². The third-order valence-electron chi connectivity index (χ3n) is 3.25. The molecule has 1 N–H and O–H groups in total. The van der Waals surface area contributed by atoms with Gasteiger partial charge in [-0.1, -0.05) is 31.5 Å². The minimum Gasteiger partial charge on any atom is -0.488 e. The fourth-order valence-corrected chi connectivity index (χ4v) is 2.58. The lowest BCUT2D eigenvalue weighted by molar-refractivity contribution is 0.185. The Morgan fingerprint density at radius 3 is 2.62 bits per heavy atom. The maximum Gasteiger partial charge on any atom is 0.127 e. The largest absolute Gasteiger partial charge is 0.488 e. The summed E-state index contributed by atoms with van der Waals surface area (Å²) in [5, 5.41) is 3.53. The molecule has 0 aliphatic carbocycles. The fraction of sp³-hybridized carbons (Fsp3) is 0.571. The van der Waals surface area contributed by atoms with E-state index < -0.39 is 0 Å². The zero-order valence-corrected chi connectivity index (χ0v) is 10.6. The summed E-state index contributed by atoms with van der Waals surface area (Å²) in [4.78, 5) is 0. The van der Waals surface area contributed by atoms with Crippen LogP contribution in [0.2, 0.25) is 0 Å². The van der Waals surface area contributed by atoms with Gasteiger partial charge in [-0.15, -0.1) is 0 Å². The molecule has 1 aliphatic rings. The lowest BCUT2D eigenvalue weighted by atomic mass is 9.98. The van der Waals surface area contributed by atoms with Gasteiger partial charge in [0.25, 0.3) is 0 Å². The van der Waals surface area contributed by atoms with E-state index in [1.165, 1.54) is 16.7 Å². The van der Waals surface area contributed by atoms with Gasteiger partial charge >= 0.3 is 0 Å². The van der Waals surface area contributed by atoms with Gasteiger partial charge in [-0.05, 0) is 32.4 Å². The van der Waals surface area contributed by atoms with E-state index in [4.69, 9.17) is 4.74 Å². The van der Waals surface area contributed by atoms with E-state index in [0.717, 1.165) is 18.7 Å². The molecule has 0 bridgehead atoms. The van der Waals surface area contributed by atoms with Crippen molar-refractivity contribution < 1.29 is 4.74 Å². The van der Waals surface area contributed by atoms with Crippen LogP contribution in [0, 0.1) is 13.8 Å². The summed E-state index contributed by atoms with van der Waals surface area (Å²) in [5.74, 6) is 1.10. The van der Waals surface area contributed by atoms with Gasteiger partial charge in [0.2, 0.25) is 0 Å². The molecule has 0 fully saturated rings. The fourth-order valence-electron chi connectivity index (χ4n) is 2.58. The molecule has 1 heterocycles. The van der Waals surface area contributed by atoms with E-state index in [1.807, 2.05) is 0 Å². The number of nitrogens with one attached hydrogen (secondary N) is 1. The normalized spacial score (nSPS) is 23.0. The molecule has 2 nitrogen and oxygen atoms in total. The van der Waals surface area contributed by atoms with Crippen LogP contribution in [0.3, 0.4) is 0 Å². The average molecular weight is 219 g/mol. The Labute approximate surface area is 98.0 Å². The second kappa shape index (κ2) is 4.46. The van der Waals surface area contributed by atoms with Crippen molar-refractivity contribution in [3.8, 4) is 5.75 Å². The smallest absolute Gasteiger partial charge is 0.127 e. The lowest BCUT2D eigenvalue weighted by Gasteiger charge is -2.18. The molecule has 0 radical (unpaired) electrons. The molecule has 0 amide bonds. The van der Waals surface area contributed by atoms with Crippen LogP contribution in [-0.2, 0) is 0 Å². The number of rotatable bonds is 3. The van der Waals surface area contributed by atoms with Crippen molar-refractivity contribution in [3.05, 3.63) is 28.8 Å². The van der Waals surface area contributed by atoms with Gasteiger partial charge in [0.1, 0.15) is 11.9 Å². The zero-order chi connectivity index (χ0) is 11.7. The standard InChI is InChI=1S/C14H21NO/c1-5-12-13(15-6-2)11-8-9(3)7-10(4)14(11)16-12/h7-8,12-13,15H,5-6H2,1-4H3. The average Bonchev–Trinajstić information content (AvgIpc) is 2.58. The molecule has 0 spiro atoms. The van der Waals surface area contributed by atoms with Gasteiger partial charge in [-0.3, -0.25) is 0 Å². The highest BCUT2D eigenvalue weighted by atomic mass is 16.5. The molecule has 2 heteroatoms. The Balaban J connectivity index is 2.41. The Hall–Kier alpha value is -1.02. The van der Waals surface area contributed by atoms with Crippen molar-refractivity contribution in [3.63, 3.8) is 0 Å². The van der Waals surface area contributed by atoms with E-state index in [9.17, 15) is 0 Å². The number of ether oxygens (including phenoxy) is 1. The number of likely N-dealkylation sites (N-methyl/N-ethyl adjacent to an activating group) is 1. The van der Waals surface area contributed by atoms with Crippen molar-refractivity contribution in [1.82, 2.24) is 5.32 Å². The molecule has 88 valence electrons. The molecular weight excluding hydrogens is 198 g/mol. The summed E-state index contributed by atoms with van der Waals surface area (Å²) >= 11 is 0. The van der Waals surface area contributed by atoms with Gasteiger partial charge in [0.05, 0.1) is 6.04 Å². The van der Waals surface area contributed by atoms with Gasteiger partial charge in [0.15, 0.2) is 0 Å². The van der Waals surface area contributed by atoms with Gasteiger partial charge < -0.3 is 10.1 Å². The van der Waals surface area contributed by atoms with E-state index in [2.05, 4.69) is 45.1 Å². The predicted octanol–water partition coefficient (Wildman–Crippen LogP) is 3.13. The first-order valence-electron chi connectivity index (χ1n) is 6.18. The summed E-state index contributed by atoms with van der Waals surface area (Å²) in [6.07, 6.45) is 1.33. The van der Waals surface area contributed by atoms with Gasteiger partial charge in [-0.2, -0.15) is 0 Å². The monoisotopic (exact) mass is 219 g/mol. The van der Waals surface area contributed by atoms with Crippen molar-refractivity contribution in [2.45, 2.75) is 46.3 Å². The van der Waals surface area contributed by atoms with Crippen LogP contribution in [0.15, 0.2) is 12.1 Å². The Kier molecular flexibility index (Phi) is 3.20. The molecule has 2 rings (SSSR count). The first-order chi connectivity index (χ1) is 7.67. The molecule has 0 saturated heterocycles. The van der Waals surface area contributed by atoms with Crippen molar-refractivity contribution >= 4 is 0 Å². The van der Waals surface area contributed by atoms with E-state index >= 15 is 0 Å². The molecule has 1 aromatic rings. The molecule has 2 unspecified atom stereocenters. The van der Waals surface area contributed by atoms with Crippen LogP contribution in [-0.4, -0.2) is 12.6 Å². The molecular formula is C14H21NO. The summed E-state index contributed by atoms with van der Waals surface area (Å²) in [6, 6.07) is 4.81. The van der Waals surface area contributed by atoms with Crippen molar-refractivity contribution in [2.75, 3.05) is 6.54 Å². The Morgan fingerprint density at radius 1 is 1.25 bits per heavy atom. The van der Waals surface area contributed by atoms with Gasteiger partial charge in [-0.25, -0.2) is 0 Å². The third-order valence-corrected chi connectivity index (χ3v) is 3.25. The van der Waals surface area contributed by atoms with Crippen LogP contribution >= 0.6 is 0 Å². The summed E-state index contributed by atoms with van der Waals surface area (Å²) in [7, 11) is 0. The predicted molar refractivity (Wildman–Crippen MR) is 67.0 cm³/mol. The second-order valence-electron chi connectivity index (χ2n) is 4.60. The lowest BCUT2D eigenvalue weighted by Crippen LogP contribution is -2.30. The van der Waals surface area contributed by atoms with Crippen LogP contribution in [0.1, 0.15) is 43.0 Å². The van der Waals surface area contributed by atoms with Crippen molar-refractivity contribution in [1.29, 1.82) is 0 Å². The molecule has 1 aromatic carbocycles. The molecule has 0 aromatic heterocycles. The summed E-state index contributed by atoms with van der Waals surface area (Å²) < 4.78 is 6.04. The second-order valence-corrected chi connectivity index (χ2v) is 4.60. The molecule has 16 heavy (non-hydrogen) atoms. The van der Waals surface area contributed by atoms with Crippen molar-refractivity contribution in [2.24, 2.45) is 0 Å². The van der Waals surface area contributed by atoms with E-state index in [-0.39, 0.29) is 6.10 Å². The maximum atomic E-state index is 6.04. The summed E-state index contributed by atoms with van der Waals surface area (Å²) in [6.45, 7) is 9.59. The quantitative estimate of drug-likeness (QED) is 0.843. The highest BCUT2D eigenvalue weighted by molar-refractivity contribution is 5.48. The van der Waals surface area contributed by atoms with E-state index in [0.29, 0.717) is 6.04 Å². The van der Waals surface area contributed by atoms with Crippen LogP contribution in [0.25, 0.3) is 0 Å². The maximum absolute atomic E-state index is 6.04. The number of hydrogen-bond acceptors (Lipinski definition) is 2. The highest BCUT2D eigenvalue weighted by Gasteiger charge is 2.33. The number of fused-ring (bicyclic) bond motifs is 1. The number of hydrogen-bond donors (Lipinski definition) is 1. The molecule has 1 aliphatic heterocycles. The van der Waals surface area contributed by atoms with Crippen LogP contribution in [0.4, 0.5) is 0 Å². The van der Waals surface area contributed by atoms with Crippen LogP contribution in [0.5, 0.6) is 5.75 Å². The number of aryl methyl sites for hydroxylation is 2. The van der Waals surface area contributed by atoms with Crippen LogP contribution < -0.4 is 10.1 Å². The highest BCUT2D eigenvalue weighted by Crippen LogP contribution is 2.40. The first-order valence-corrected chi connectivity index (χ1v) is 6.18. The Morgan fingerprint density at radius 2 is 2.00 bits per heavy atom. The third kappa shape index (κ3) is 1.82. The minimum atomic E-state index is 0.287. The number of benzene rings is 1. The summed E-state index contributed by atoms with van der Waals surface area (Å²) in [5.41, 5.74) is 3.92. The SMILES string of the molecule is CCNC1c2cc(C)cc(C)c2OC1CC. The zero-order valence-electron chi connectivity index (χ0n) is 10.6. The van der Waals surface area contributed by atoms with Gasteiger partial charge in [0, 0.05) is 5.56 Å².